The minimum atomic E-state index is -0.700. The topological polar surface area (TPSA) is 129 Å². The first-order valence-electron chi connectivity index (χ1n) is 10.3. The van der Waals surface area contributed by atoms with E-state index in [4.69, 9.17) is 26.2 Å². The zero-order valence-corrected chi connectivity index (χ0v) is 17.8. The Labute approximate surface area is 188 Å². The molecule has 0 amide bonds. The number of rotatable bonds is 6. The van der Waals surface area contributed by atoms with Crippen LogP contribution in [0, 0.1) is 0 Å². The summed E-state index contributed by atoms with van der Waals surface area (Å²) in [5, 5.41) is 26.5. The summed E-state index contributed by atoms with van der Waals surface area (Å²) in [5.41, 5.74) is 4.66. The summed E-state index contributed by atoms with van der Waals surface area (Å²) < 4.78 is 11.5. The van der Waals surface area contributed by atoms with Gasteiger partial charge in [0, 0.05) is 30.4 Å². The van der Waals surface area contributed by atoms with Crippen molar-refractivity contribution in [2.24, 2.45) is 0 Å². The Morgan fingerprint density at radius 2 is 1.97 bits per heavy atom. The molecule has 32 heavy (non-hydrogen) atoms. The summed E-state index contributed by atoms with van der Waals surface area (Å²) in [6, 6.07) is 9.94. The molecule has 5 rings (SSSR count). The number of imidazole rings is 1. The fourth-order valence-corrected chi connectivity index (χ4v) is 4.12. The van der Waals surface area contributed by atoms with E-state index < -0.39 is 6.10 Å². The predicted octanol–water partition coefficient (Wildman–Crippen LogP) is 2.95. The Bertz CT molecular complexity index is 1200. The molecule has 4 N–H and O–H groups in total. The van der Waals surface area contributed by atoms with Gasteiger partial charge in [-0.2, -0.15) is 10.1 Å². The largest absolute Gasteiger partial charge is 0.459 e. The molecule has 3 aromatic heterocycles. The van der Waals surface area contributed by atoms with Gasteiger partial charge in [-0.25, -0.2) is 4.98 Å². The second-order valence-electron chi connectivity index (χ2n) is 7.72. The maximum absolute atomic E-state index is 10.2. The van der Waals surface area contributed by atoms with E-state index in [0.717, 1.165) is 16.7 Å². The lowest BCUT2D eigenvalue weighted by Crippen LogP contribution is -2.43. The van der Waals surface area contributed by atoms with Crippen molar-refractivity contribution in [1.29, 1.82) is 0 Å². The zero-order valence-electron chi connectivity index (χ0n) is 17.0. The third kappa shape index (κ3) is 4.20. The Morgan fingerprint density at radius 3 is 2.69 bits per heavy atom. The first-order valence-corrected chi connectivity index (χ1v) is 10.7. The van der Waals surface area contributed by atoms with Gasteiger partial charge < -0.3 is 24.7 Å². The Hall–Kier alpha value is -2.98. The van der Waals surface area contributed by atoms with Crippen LogP contribution in [0.5, 0.6) is 6.01 Å². The van der Waals surface area contributed by atoms with Crippen LogP contribution < -0.4 is 4.74 Å². The molecule has 4 heterocycles. The molecule has 0 aliphatic carbocycles. The average Bonchev–Trinajstić information content (AvgIpc) is 3.45. The molecule has 4 aromatic rings. The standard InChI is InChI=1S/C22H22ClN5O4/c23-16-8-17-21(27-20(16)13-3-1-12(2-4-13)14-9-24-25-10-14)28-22(26-17)32-15-7-18(30)19(5-6-29)31-11-15/h1-4,8-10,15,18-19,29-30H,5-7,11H2,(H,24,25)(H,26,27,28)/t15-,18+,19-/m1/s1. The van der Waals surface area contributed by atoms with E-state index in [0.29, 0.717) is 41.3 Å². The molecule has 1 fully saturated rings. The number of nitrogens with zero attached hydrogens (tertiary/aromatic N) is 3. The highest BCUT2D eigenvalue weighted by atomic mass is 35.5. The molecule has 166 valence electrons. The van der Waals surface area contributed by atoms with E-state index >= 15 is 0 Å². The summed E-state index contributed by atoms with van der Waals surface area (Å²) in [6.07, 6.45) is 2.96. The number of fused-ring (bicyclic) bond motifs is 1. The minimum absolute atomic E-state index is 0.0301. The van der Waals surface area contributed by atoms with Gasteiger partial charge in [0.1, 0.15) is 6.10 Å². The van der Waals surface area contributed by atoms with Crippen LogP contribution in [-0.2, 0) is 4.74 Å². The number of aromatic amines is 2. The van der Waals surface area contributed by atoms with Crippen molar-refractivity contribution in [2.45, 2.75) is 31.2 Å². The number of H-pyrrole nitrogens is 2. The molecule has 0 spiro atoms. The van der Waals surface area contributed by atoms with Crippen LogP contribution in [0.25, 0.3) is 33.5 Å². The highest BCUT2D eigenvalue weighted by Gasteiger charge is 2.31. The number of ether oxygens (including phenoxy) is 2. The number of aliphatic hydroxyl groups excluding tert-OH is 2. The van der Waals surface area contributed by atoms with Gasteiger partial charge in [-0.05, 0) is 18.1 Å². The number of aromatic nitrogens is 5. The van der Waals surface area contributed by atoms with Crippen LogP contribution in [0.4, 0.5) is 0 Å². The lowest BCUT2D eigenvalue weighted by molar-refractivity contribution is -0.123. The van der Waals surface area contributed by atoms with Gasteiger partial charge in [0.2, 0.25) is 0 Å². The lowest BCUT2D eigenvalue weighted by atomic mass is 10.0. The summed E-state index contributed by atoms with van der Waals surface area (Å²) in [7, 11) is 0. The second-order valence-corrected chi connectivity index (χ2v) is 8.13. The van der Waals surface area contributed by atoms with Crippen molar-refractivity contribution in [3.63, 3.8) is 0 Å². The van der Waals surface area contributed by atoms with Gasteiger partial charge in [-0.1, -0.05) is 35.9 Å². The summed E-state index contributed by atoms with van der Waals surface area (Å²) in [6.45, 7) is 0.277. The summed E-state index contributed by atoms with van der Waals surface area (Å²) in [5.74, 6) is 0. The van der Waals surface area contributed by atoms with Gasteiger partial charge in [0.25, 0.3) is 6.01 Å². The lowest BCUT2D eigenvalue weighted by Gasteiger charge is -2.32. The van der Waals surface area contributed by atoms with Crippen LogP contribution in [0.3, 0.4) is 0 Å². The van der Waals surface area contributed by atoms with Gasteiger partial charge in [-0.3, -0.25) is 5.10 Å². The number of hydrogen-bond acceptors (Lipinski definition) is 7. The second kappa shape index (κ2) is 8.87. The third-order valence-electron chi connectivity index (χ3n) is 5.52. The maximum atomic E-state index is 10.2. The fourth-order valence-electron chi connectivity index (χ4n) is 3.86. The molecular formula is C22H22ClN5O4. The van der Waals surface area contributed by atoms with E-state index in [9.17, 15) is 5.11 Å². The van der Waals surface area contributed by atoms with Gasteiger partial charge >= 0.3 is 0 Å². The van der Waals surface area contributed by atoms with Crippen LogP contribution in [0.15, 0.2) is 42.7 Å². The van der Waals surface area contributed by atoms with Crippen molar-refractivity contribution in [3.8, 4) is 28.4 Å². The van der Waals surface area contributed by atoms with E-state index in [1.807, 2.05) is 30.5 Å². The predicted molar refractivity (Wildman–Crippen MR) is 118 cm³/mol. The van der Waals surface area contributed by atoms with Crippen molar-refractivity contribution in [1.82, 2.24) is 25.1 Å². The van der Waals surface area contributed by atoms with Crippen molar-refractivity contribution in [2.75, 3.05) is 13.2 Å². The first kappa shape index (κ1) is 20.9. The first-order chi connectivity index (χ1) is 15.6. The SMILES string of the molecule is OCC[C@H]1OC[C@H](Oc2nc3nc(-c4ccc(-c5cn[nH]c5)cc4)c(Cl)cc3[nH]2)C[C@@H]1O. The van der Waals surface area contributed by atoms with Crippen LogP contribution in [0.1, 0.15) is 12.8 Å². The molecule has 9 nitrogen and oxygen atoms in total. The molecule has 10 heteroatoms. The number of benzene rings is 1. The number of pyridine rings is 1. The molecule has 1 aliphatic rings. The summed E-state index contributed by atoms with van der Waals surface area (Å²) in [4.78, 5) is 12.1. The Morgan fingerprint density at radius 1 is 1.16 bits per heavy atom. The maximum Gasteiger partial charge on any atom is 0.296 e. The van der Waals surface area contributed by atoms with Gasteiger partial charge in [-0.15, -0.1) is 0 Å². The molecule has 0 unspecified atom stereocenters. The Balaban J connectivity index is 1.34. The molecule has 1 aromatic carbocycles. The number of aliphatic hydroxyl groups is 2. The van der Waals surface area contributed by atoms with Crippen molar-refractivity contribution in [3.05, 3.63) is 47.7 Å². The van der Waals surface area contributed by atoms with E-state index in [2.05, 4.69) is 25.1 Å². The minimum Gasteiger partial charge on any atom is -0.459 e. The quantitative estimate of drug-likeness (QED) is 0.351. The van der Waals surface area contributed by atoms with Crippen LogP contribution in [-0.4, -0.2) is 66.9 Å². The van der Waals surface area contributed by atoms with Crippen molar-refractivity contribution < 1.29 is 19.7 Å². The highest BCUT2D eigenvalue weighted by Crippen LogP contribution is 2.31. The molecule has 0 bridgehead atoms. The van der Waals surface area contributed by atoms with Crippen molar-refractivity contribution >= 4 is 22.8 Å². The smallest absolute Gasteiger partial charge is 0.296 e. The summed E-state index contributed by atoms with van der Waals surface area (Å²) >= 11 is 6.50. The molecular weight excluding hydrogens is 434 g/mol. The molecule has 1 aliphatic heterocycles. The van der Waals surface area contributed by atoms with Gasteiger partial charge in [0.05, 0.1) is 41.2 Å². The van der Waals surface area contributed by atoms with E-state index in [-0.39, 0.29) is 24.8 Å². The van der Waals surface area contributed by atoms with E-state index in [1.165, 1.54) is 0 Å². The molecule has 0 radical (unpaired) electrons. The fraction of sp³-hybridized carbons (Fsp3) is 0.318. The zero-order chi connectivity index (χ0) is 22.1. The number of nitrogens with one attached hydrogen (secondary N) is 2. The van der Waals surface area contributed by atoms with E-state index in [1.54, 1.807) is 12.3 Å². The average molecular weight is 456 g/mol. The number of halogens is 1. The highest BCUT2D eigenvalue weighted by molar-refractivity contribution is 6.33. The third-order valence-corrected chi connectivity index (χ3v) is 5.80. The molecule has 1 saturated heterocycles. The molecule has 3 atom stereocenters. The normalized spacial score (nSPS) is 21.2. The molecule has 0 saturated carbocycles. The Kier molecular flexibility index (Phi) is 5.79. The van der Waals surface area contributed by atoms with Crippen LogP contribution in [0.2, 0.25) is 5.02 Å². The van der Waals surface area contributed by atoms with Gasteiger partial charge in [0.15, 0.2) is 5.65 Å². The monoisotopic (exact) mass is 455 g/mol. The number of hydrogen-bond donors (Lipinski definition) is 4. The van der Waals surface area contributed by atoms with Crippen LogP contribution >= 0.6 is 11.6 Å².